The summed E-state index contributed by atoms with van der Waals surface area (Å²) in [6.45, 7) is 0. The van der Waals surface area contributed by atoms with Crippen molar-refractivity contribution in [1.82, 2.24) is 0 Å². The van der Waals surface area contributed by atoms with Gasteiger partial charge >= 0.3 is 11.9 Å². The third-order valence-electron chi connectivity index (χ3n) is 2.24. The van der Waals surface area contributed by atoms with Crippen LogP contribution in [0.25, 0.3) is 0 Å². The van der Waals surface area contributed by atoms with Crippen molar-refractivity contribution in [3.63, 3.8) is 0 Å². The van der Waals surface area contributed by atoms with Crippen LogP contribution in [0.1, 0.15) is 12.0 Å². The number of carboxylic acids is 2. The van der Waals surface area contributed by atoms with Crippen molar-refractivity contribution in [3.05, 3.63) is 35.9 Å². The molecule has 0 fully saturated rings. The molecule has 1 unspecified atom stereocenters. The molecule has 0 heterocycles. The predicted molar refractivity (Wildman–Crippen MR) is 53.6 cm³/mol. The van der Waals surface area contributed by atoms with Crippen molar-refractivity contribution in [2.45, 2.75) is 11.8 Å². The Morgan fingerprint density at radius 3 is 2.19 bits per heavy atom. The lowest BCUT2D eigenvalue weighted by Crippen LogP contribution is -2.36. The van der Waals surface area contributed by atoms with Crippen LogP contribution in [0.3, 0.4) is 0 Å². The van der Waals surface area contributed by atoms with Gasteiger partial charge in [0.15, 0.2) is 5.41 Å². The molecule has 2 N–H and O–H groups in total. The lowest BCUT2D eigenvalue weighted by molar-refractivity contribution is -0.148. The van der Waals surface area contributed by atoms with E-state index < -0.39 is 23.8 Å². The van der Waals surface area contributed by atoms with Crippen molar-refractivity contribution >= 4 is 11.9 Å². The molecule has 0 radical (unpaired) electrons. The minimum absolute atomic E-state index is 0.174. The van der Waals surface area contributed by atoms with E-state index >= 15 is 0 Å². The number of hydrogen-bond acceptors (Lipinski definition) is 3. The van der Waals surface area contributed by atoms with E-state index in [0.29, 0.717) is 0 Å². The van der Waals surface area contributed by atoms with Gasteiger partial charge in [0.2, 0.25) is 0 Å². The van der Waals surface area contributed by atoms with Crippen molar-refractivity contribution in [2.75, 3.05) is 0 Å². The maximum atomic E-state index is 11.1. The number of aliphatic carboxylic acids is 2. The second-order valence-electron chi connectivity index (χ2n) is 3.26. The number of nitrogens with zero attached hydrogens (tertiary/aromatic N) is 1. The first kappa shape index (κ1) is 11.7. The van der Waals surface area contributed by atoms with Gasteiger partial charge in [0.05, 0.1) is 12.5 Å². The van der Waals surface area contributed by atoms with Gasteiger partial charge in [0.25, 0.3) is 0 Å². The highest BCUT2D eigenvalue weighted by molar-refractivity contribution is 5.90. The summed E-state index contributed by atoms with van der Waals surface area (Å²) in [4.78, 5) is 21.7. The molecule has 0 spiro atoms. The molecule has 1 atom stereocenters. The molecule has 0 aromatic heterocycles. The van der Waals surface area contributed by atoms with Gasteiger partial charge in [-0.1, -0.05) is 30.3 Å². The van der Waals surface area contributed by atoms with Gasteiger partial charge < -0.3 is 10.2 Å². The van der Waals surface area contributed by atoms with Crippen molar-refractivity contribution in [1.29, 1.82) is 5.26 Å². The molecule has 5 nitrogen and oxygen atoms in total. The topological polar surface area (TPSA) is 98.4 Å². The summed E-state index contributed by atoms with van der Waals surface area (Å²) in [7, 11) is 0. The van der Waals surface area contributed by atoms with Crippen LogP contribution in [0.5, 0.6) is 0 Å². The zero-order valence-corrected chi connectivity index (χ0v) is 8.25. The van der Waals surface area contributed by atoms with Crippen LogP contribution in [-0.4, -0.2) is 22.2 Å². The van der Waals surface area contributed by atoms with E-state index in [2.05, 4.69) is 0 Å². The molecule has 1 rings (SSSR count). The normalized spacial score (nSPS) is 13.4. The zero-order chi connectivity index (χ0) is 12.2. The van der Waals surface area contributed by atoms with Gasteiger partial charge in [-0.25, -0.2) is 0 Å². The second-order valence-corrected chi connectivity index (χ2v) is 3.26. The molecule has 0 amide bonds. The summed E-state index contributed by atoms with van der Waals surface area (Å²) < 4.78 is 0. The second kappa shape index (κ2) is 4.45. The lowest BCUT2D eigenvalue weighted by Gasteiger charge is -2.19. The highest BCUT2D eigenvalue weighted by atomic mass is 16.4. The monoisotopic (exact) mass is 219 g/mol. The van der Waals surface area contributed by atoms with Crippen LogP contribution in [0.4, 0.5) is 0 Å². The maximum Gasteiger partial charge on any atom is 0.329 e. The molecule has 5 heteroatoms. The minimum Gasteiger partial charge on any atom is -0.481 e. The van der Waals surface area contributed by atoms with Gasteiger partial charge in [-0.2, -0.15) is 5.26 Å². The standard InChI is InChI=1S/C11H9NO4/c12-7-11(10(15)16,6-9(13)14)8-4-2-1-3-5-8/h1-5H,6H2,(H,13,14)(H,15,16). The van der Waals surface area contributed by atoms with Crippen molar-refractivity contribution in [2.24, 2.45) is 0 Å². The van der Waals surface area contributed by atoms with Crippen LogP contribution in [0.15, 0.2) is 30.3 Å². The average molecular weight is 219 g/mol. The van der Waals surface area contributed by atoms with Crippen LogP contribution in [0, 0.1) is 11.3 Å². The smallest absolute Gasteiger partial charge is 0.329 e. The van der Waals surface area contributed by atoms with E-state index in [4.69, 9.17) is 15.5 Å². The number of rotatable bonds is 4. The molecule has 1 aromatic rings. The fourth-order valence-corrected chi connectivity index (χ4v) is 1.40. The largest absolute Gasteiger partial charge is 0.481 e. The van der Waals surface area contributed by atoms with Gasteiger partial charge in [0.1, 0.15) is 0 Å². The van der Waals surface area contributed by atoms with E-state index in [1.807, 2.05) is 0 Å². The summed E-state index contributed by atoms with van der Waals surface area (Å²) >= 11 is 0. The molecule has 0 saturated heterocycles. The van der Waals surface area contributed by atoms with Crippen molar-refractivity contribution in [3.8, 4) is 6.07 Å². The molecule has 0 bridgehead atoms. The Labute approximate surface area is 91.6 Å². The highest BCUT2D eigenvalue weighted by Gasteiger charge is 2.43. The Balaban J connectivity index is 3.30. The van der Waals surface area contributed by atoms with Crippen LogP contribution >= 0.6 is 0 Å². The van der Waals surface area contributed by atoms with Crippen LogP contribution in [-0.2, 0) is 15.0 Å². The van der Waals surface area contributed by atoms with Crippen LogP contribution in [0.2, 0.25) is 0 Å². The third-order valence-corrected chi connectivity index (χ3v) is 2.24. The summed E-state index contributed by atoms with van der Waals surface area (Å²) in [5, 5.41) is 26.7. The first-order valence-corrected chi connectivity index (χ1v) is 4.45. The number of benzene rings is 1. The lowest BCUT2D eigenvalue weighted by atomic mass is 9.79. The fourth-order valence-electron chi connectivity index (χ4n) is 1.40. The van der Waals surface area contributed by atoms with Gasteiger partial charge in [0, 0.05) is 0 Å². The molecule has 0 aliphatic carbocycles. The first-order valence-electron chi connectivity index (χ1n) is 4.45. The molecule has 1 aromatic carbocycles. The Bertz CT molecular complexity index is 449. The first-order chi connectivity index (χ1) is 7.53. The quantitative estimate of drug-likeness (QED) is 0.787. The van der Waals surface area contributed by atoms with E-state index in [9.17, 15) is 9.59 Å². The third kappa shape index (κ3) is 2.01. The van der Waals surface area contributed by atoms with Gasteiger partial charge in [-0.05, 0) is 5.56 Å². The fraction of sp³-hybridized carbons (Fsp3) is 0.182. The Morgan fingerprint density at radius 2 is 1.81 bits per heavy atom. The Hall–Kier alpha value is -2.35. The summed E-state index contributed by atoms with van der Waals surface area (Å²) in [6.07, 6.45) is -0.761. The summed E-state index contributed by atoms with van der Waals surface area (Å²) in [5.41, 5.74) is -1.85. The van der Waals surface area contributed by atoms with E-state index in [1.165, 1.54) is 12.1 Å². The summed E-state index contributed by atoms with van der Waals surface area (Å²) in [5.74, 6) is -2.78. The predicted octanol–water partition coefficient (Wildman–Crippen LogP) is 1.01. The van der Waals surface area contributed by atoms with E-state index in [1.54, 1.807) is 24.3 Å². The van der Waals surface area contributed by atoms with Gasteiger partial charge in [-0.3, -0.25) is 9.59 Å². The maximum absolute atomic E-state index is 11.1. The highest BCUT2D eigenvalue weighted by Crippen LogP contribution is 2.27. The Kier molecular flexibility index (Phi) is 3.26. The molecular weight excluding hydrogens is 210 g/mol. The molecule has 0 aliphatic rings. The van der Waals surface area contributed by atoms with E-state index in [-0.39, 0.29) is 5.56 Å². The molecule has 0 aliphatic heterocycles. The average Bonchev–Trinajstić information content (AvgIpc) is 2.26. The minimum atomic E-state index is -2.02. The number of carboxylic acid groups (broad SMARTS) is 2. The summed E-state index contributed by atoms with van der Waals surface area (Å²) in [6, 6.07) is 9.23. The SMILES string of the molecule is N#CC(CC(=O)O)(C(=O)O)c1ccccc1. The van der Waals surface area contributed by atoms with Gasteiger partial charge in [-0.15, -0.1) is 0 Å². The molecular formula is C11H9NO4. The Morgan fingerprint density at radius 1 is 1.25 bits per heavy atom. The molecule has 16 heavy (non-hydrogen) atoms. The molecule has 82 valence electrons. The number of nitriles is 1. The van der Waals surface area contributed by atoms with E-state index in [0.717, 1.165) is 0 Å². The van der Waals surface area contributed by atoms with Crippen LogP contribution < -0.4 is 0 Å². The van der Waals surface area contributed by atoms with Crippen molar-refractivity contribution < 1.29 is 19.8 Å². The zero-order valence-electron chi connectivity index (χ0n) is 8.25. The number of hydrogen-bond donors (Lipinski definition) is 2. The number of carbonyl (C=O) groups is 2. The molecule has 0 saturated carbocycles.